The van der Waals surface area contributed by atoms with Crippen molar-refractivity contribution in [3.63, 3.8) is 0 Å². The number of carbonyl (C=O) groups is 2. The van der Waals surface area contributed by atoms with Crippen LogP contribution in [0.5, 0.6) is 5.75 Å². The number of benzene rings is 1. The van der Waals surface area contributed by atoms with Gasteiger partial charge in [0.25, 0.3) is 5.91 Å². The average molecular weight is 373 g/mol. The summed E-state index contributed by atoms with van der Waals surface area (Å²) in [6, 6.07) is 7.74. The van der Waals surface area contributed by atoms with Gasteiger partial charge in [-0.3, -0.25) is 4.79 Å². The zero-order chi connectivity index (χ0) is 19.8. The van der Waals surface area contributed by atoms with Crippen molar-refractivity contribution in [2.45, 2.75) is 26.5 Å². The molecule has 144 valence electrons. The summed E-state index contributed by atoms with van der Waals surface area (Å²) in [5.74, 6) is -0.646. The summed E-state index contributed by atoms with van der Waals surface area (Å²) >= 11 is 0. The molecule has 1 aromatic carbocycles. The third-order valence-electron chi connectivity index (χ3n) is 3.71. The van der Waals surface area contributed by atoms with Gasteiger partial charge in [-0.05, 0) is 37.6 Å². The highest BCUT2D eigenvalue weighted by Crippen LogP contribution is 2.20. The van der Waals surface area contributed by atoms with Crippen LogP contribution in [0, 0.1) is 13.8 Å². The summed E-state index contributed by atoms with van der Waals surface area (Å²) in [7, 11) is 0. The van der Waals surface area contributed by atoms with Gasteiger partial charge in [-0.2, -0.15) is 0 Å². The highest BCUT2D eigenvalue weighted by Gasteiger charge is 2.22. The van der Waals surface area contributed by atoms with Gasteiger partial charge < -0.3 is 24.3 Å². The van der Waals surface area contributed by atoms with E-state index in [1.54, 1.807) is 6.07 Å². The molecule has 7 heteroatoms. The number of hydrogen-bond acceptors (Lipinski definition) is 5. The number of carboxylic acids is 1. The van der Waals surface area contributed by atoms with Gasteiger partial charge in [0.15, 0.2) is 11.8 Å². The van der Waals surface area contributed by atoms with Crippen LogP contribution >= 0.6 is 0 Å². The Bertz CT molecular complexity index is 811. The highest BCUT2D eigenvalue weighted by atomic mass is 16.5. The number of aliphatic carboxylic acids is 1. The van der Waals surface area contributed by atoms with Gasteiger partial charge in [0.1, 0.15) is 18.1 Å². The van der Waals surface area contributed by atoms with E-state index in [-0.39, 0.29) is 25.6 Å². The molecule has 2 N–H and O–H groups in total. The van der Waals surface area contributed by atoms with Gasteiger partial charge >= 0.3 is 5.97 Å². The highest BCUT2D eigenvalue weighted by molar-refractivity contribution is 5.94. The number of carboxylic acid groups (broad SMARTS) is 1. The molecule has 0 aliphatic carbocycles. The lowest BCUT2D eigenvalue weighted by molar-refractivity contribution is -0.140. The van der Waals surface area contributed by atoms with Crippen molar-refractivity contribution in [2.24, 2.45) is 0 Å². The summed E-state index contributed by atoms with van der Waals surface area (Å²) in [4.78, 5) is 23.4. The van der Waals surface area contributed by atoms with Crippen LogP contribution in [0.1, 0.15) is 27.4 Å². The summed E-state index contributed by atoms with van der Waals surface area (Å²) < 4.78 is 16.2. The first kappa shape index (κ1) is 20.3. The number of carbonyl (C=O) groups excluding carboxylic acids is 1. The van der Waals surface area contributed by atoms with Crippen LogP contribution in [0.2, 0.25) is 0 Å². The smallest absolute Gasteiger partial charge is 0.328 e. The number of amides is 1. The first-order valence-electron chi connectivity index (χ1n) is 8.41. The minimum atomic E-state index is -1.20. The molecule has 2 rings (SSSR count). The molecule has 27 heavy (non-hydrogen) atoms. The lowest BCUT2D eigenvalue weighted by atomic mass is 10.1. The van der Waals surface area contributed by atoms with Crippen LogP contribution in [0.3, 0.4) is 0 Å². The molecule has 0 saturated carbocycles. The van der Waals surface area contributed by atoms with E-state index in [9.17, 15) is 9.59 Å². The third kappa shape index (κ3) is 6.00. The minimum absolute atomic E-state index is 0.00389. The zero-order valence-electron chi connectivity index (χ0n) is 15.4. The fourth-order valence-corrected chi connectivity index (χ4v) is 2.36. The first-order chi connectivity index (χ1) is 12.9. The summed E-state index contributed by atoms with van der Waals surface area (Å²) in [5.41, 5.74) is 2.14. The van der Waals surface area contributed by atoms with E-state index in [0.717, 1.165) is 16.9 Å². The molecule has 0 radical (unpaired) electrons. The Morgan fingerprint density at radius 3 is 2.74 bits per heavy atom. The largest absolute Gasteiger partial charge is 0.485 e. The minimum Gasteiger partial charge on any atom is -0.485 e. The summed E-state index contributed by atoms with van der Waals surface area (Å²) in [6.45, 7) is 7.60. The number of rotatable bonds is 10. The topological polar surface area (TPSA) is 98.0 Å². The molecule has 1 atom stereocenters. The maximum absolute atomic E-state index is 12.2. The molecule has 7 nitrogen and oxygen atoms in total. The second-order valence-electron chi connectivity index (χ2n) is 6.01. The lowest BCUT2D eigenvalue weighted by Gasteiger charge is -2.13. The normalized spacial score (nSPS) is 11.6. The number of hydrogen-bond donors (Lipinski definition) is 2. The third-order valence-corrected chi connectivity index (χ3v) is 3.71. The molecule has 0 aliphatic heterocycles. The molecule has 0 fully saturated rings. The maximum Gasteiger partial charge on any atom is 0.328 e. The molecule has 1 unspecified atom stereocenters. The van der Waals surface area contributed by atoms with E-state index >= 15 is 0 Å². The van der Waals surface area contributed by atoms with E-state index in [2.05, 4.69) is 11.9 Å². The maximum atomic E-state index is 12.2. The summed E-state index contributed by atoms with van der Waals surface area (Å²) in [5, 5.41) is 11.5. The Hall–Kier alpha value is -3.06. The van der Waals surface area contributed by atoms with Gasteiger partial charge in [0.2, 0.25) is 0 Å². The fraction of sp³-hybridized carbons (Fsp3) is 0.300. The second-order valence-corrected chi connectivity index (χ2v) is 6.01. The van der Waals surface area contributed by atoms with Gasteiger partial charge in [0, 0.05) is 0 Å². The quantitative estimate of drug-likeness (QED) is 0.491. The average Bonchev–Trinajstić information content (AvgIpc) is 3.09. The molecule has 0 saturated heterocycles. The Balaban J connectivity index is 1.94. The first-order valence-corrected chi connectivity index (χ1v) is 8.41. The SMILES string of the molecule is C=CCOCC(NC(=O)c1ccc(COc2ccc(C)cc2C)o1)C(=O)O. The van der Waals surface area contributed by atoms with E-state index < -0.39 is 17.9 Å². The van der Waals surface area contributed by atoms with Crippen LogP contribution in [0.15, 0.2) is 47.4 Å². The predicted molar refractivity (Wildman–Crippen MR) is 98.9 cm³/mol. The van der Waals surface area contributed by atoms with Crippen LogP contribution in [0.4, 0.5) is 0 Å². The van der Waals surface area contributed by atoms with Crippen LogP contribution in [-0.2, 0) is 16.1 Å². The molecule has 2 aromatic rings. The second kappa shape index (κ2) is 9.59. The van der Waals surface area contributed by atoms with Crippen molar-refractivity contribution in [3.8, 4) is 5.75 Å². The fourth-order valence-electron chi connectivity index (χ4n) is 2.36. The van der Waals surface area contributed by atoms with Gasteiger partial charge in [-0.25, -0.2) is 4.79 Å². The Labute approximate surface area is 157 Å². The lowest BCUT2D eigenvalue weighted by Crippen LogP contribution is -2.44. The van der Waals surface area contributed by atoms with E-state index in [1.807, 2.05) is 32.0 Å². The van der Waals surface area contributed by atoms with Crippen molar-refractivity contribution >= 4 is 11.9 Å². The number of furan rings is 1. The van der Waals surface area contributed by atoms with Gasteiger partial charge in [0.05, 0.1) is 13.2 Å². The molecule has 1 aromatic heterocycles. The van der Waals surface area contributed by atoms with Crippen molar-refractivity contribution < 1.29 is 28.6 Å². The van der Waals surface area contributed by atoms with Gasteiger partial charge in [-0.15, -0.1) is 6.58 Å². The summed E-state index contributed by atoms with van der Waals surface area (Å²) in [6.07, 6.45) is 1.50. The Morgan fingerprint density at radius 2 is 2.07 bits per heavy atom. The van der Waals surface area contributed by atoms with Crippen LogP contribution < -0.4 is 10.1 Å². The van der Waals surface area contributed by atoms with Crippen molar-refractivity contribution in [1.82, 2.24) is 5.32 Å². The van der Waals surface area contributed by atoms with E-state index in [1.165, 1.54) is 12.1 Å². The van der Waals surface area contributed by atoms with Crippen molar-refractivity contribution in [1.29, 1.82) is 0 Å². The number of ether oxygens (including phenoxy) is 2. The standard InChI is InChI=1S/C20H23NO6/c1-4-9-25-12-16(20(23)24)21-19(22)18-8-6-15(27-18)11-26-17-7-5-13(2)10-14(17)3/h4-8,10,16H,1,9,11-12H2,2-3H3,(H,21,22)(H,23,24). The Kier molecular flexibility index (Phi) is 7.19. The Morgan fingerprint density at radius 1 is 1.30 bits per heavy atom. The molecule has 0 bridgehead atoms. The molecule has 1 amide bonds. The molecular weight excluding hydrogens is 350 g/mol. The monoisotopic (exact) mass is 373 g/mol. The molecule has 0 spiro atoms. The molecule has 0 aliphatic rings. The van der Waals surface area contributed by atoms with E-state index in [4.69, 9.17) is 19.0 Å². The van der Waals surface area contributed by atoms with Gasteiger partial charge in [-0.1, -0.05) is 23.8 Å². The van der Waals surface area contributed by atoms with Crippen LogP contribution in [0.25, 0.3) is 0 Å². The van der Waals surface area contributed by atoms with Crippen molar-refractivity contribution in [2.75, 3.05) is 13.2 Å². The number of nitrogens with one attached hydrogen (secondary N) is 1. The predicted octanol–water partition coefficient (Wildman–Crippen LogP) is 2.86. The van der Waals surface area contributed by atoms with Crippen LogP contribution in [-0.4, -0.2) is 36.2 Å². The zero-order valence-corrected chi connectivity index (χ0v) is 15.4. The number of aryl methyl sites for hydroxylation is 2. The molecular formula is C20H23NO6. The van der Waals surface area contributed by atoms with E-state index in [0.29, 0.717) is 5.76 Å². The van der Waals surface area contributed by atoms with Crippen molar-refractivity contribution in [3.05, 3.63) is 65.6 Å². The molecule has 1 heterocycles.